The van der Waals surface area contributed by atoms with Crippen LogP contribution < -0.4 is 0 Å². The second-order valence-electron chi connectivity index (χ2n) is 7.57. The molecule has 1 aliphatic rings. The summed E-state index contributed by atoms with van der Waals surface area (Å²) in [4.78, 5) is 23.3. The zero-order valence-electron chi connectivity index (χ0n) is 16.9. The van der Waals surface area contributed by atoms with Gasteiger partial charge in [-0.25, -0.2) is 0 Å². The fourth-order valence-corrected chi connectivity index (χ4v) is 3.97. The monoisotopic (exact) mass is 394 g/mol. The van der Waals surface area contributed by atoms with E-state index < -0.39 is 0 Å². The van der Waals surface area contributed by atoms with Crippen LogP contribution in [0.25, 0.3) is 11.5 Å². The van der Waals surface area contributed by atoms with E-state index in [0.29, 0.717) is 31.1 Å². The fourth-order valence-electron chi connectivity index (χ4n) is 3.97. The topological polar surface area (TPSA) is 89.9 Å². The molecule has 4 heterocycles. The highest BCUT2D eigenvalue weighted by molar-refractivity contribution is 5.76. The first-order valence-corrected chi connectivity index (χ1v) is 10.1. The average molecular weight is 394 g/mol. The molecule has 1 saturated heterocycles. The van der Waals surface area contributed by atoms with Crippen molar-refractivity contribution < 1.29 is 9.32 Å². The van der Waals surface area contributed by atoms with Gasteiger partial charge in [-0.3, -0.25) is 14.5 Å². The maximum Gasteiger partial charge on any atom is 0.258 e. The number of pyridine rings is 1. The van der Waals surface area contributed by atoms with Gasteiger partial charge >= 0.3 is 0 Å². The number of amides is 1. The van der Waals surface area contributed by atoms with Crippen molar-refractivity contribution in [1.29, 1.82) is 0 Å². The molecule has 0 radical (unpaired) electrons. The first kappa shape index (κ1) is 19.3. The minimum absolute atomic E-state index is 0.200. The molecule has 0 N–H and O–H groups in total. The highest BCUT2D eigenvalue weighted by Crippen LogP contribution is 2.23. The highest BCUT2D eigenvalue weighted by atomic mass is 16.5. The summed E-state index contributed by atoms with van der Waals surface area (Å²) in [7, 11) is 0. The van der Waals surface area contributed by atoms with Crippen molar-refractivity contribution in [2.24, 2.45) is 0 Å². The smallest absolute Gasteiger partial charge is 0.258 e. The largest absolute Gasteiger partial charge is 0.340 e. The fraction of sp³-hybridized carbons (Fsp3) is 0.476. The maximum absolute atomic E-state index is 12.8. The number of aryl methyl sites for hydroxylation is 4. The van der Waals surface area contributed by atoms with Gasteiger partial charge in [-0.1, -0.05) is 5.16 Å². The number of likely N-dealkylation sites (tertiary alicyclic amines) is 1. The number of carbonyl (C=O) groups is 1. The first-order chi connectivity index (χ1) is 14.1. The van der Waals surface area contributed by atoms with Crippen LogP contribution in [-0.2, 0) is 17.8 Å². The molecule has 0 saturated carbocycles. The molecule has 1 amide bonds. The van der Waals surface area contributed by atoms with Gasteiger partial charge in [0.2, 0.25) is 5.91 Å². The normalized spacial score (nSPS) is 16.5. The van der Waals surface area contributed by atoms with Gasteiger partial charge in [-0.2, -0.15) is 10.1 Å². The number of nitrogens with zero attached hydrogens (tertiary/aromatic N) is 6. The van der Waals surface area contributed by atoms with Crippen LogP contribution in [0.4, 0.5) is 0 Å². The molecule has 0 bridgehead atoms. The molecular weight excluding hydrogens is 368 g/mol. The number of aromatic nitrogens is 5. The van der Waals surface area contributed by atoms with Crippen LogP contribution in [0.2, 0.25) is 0 Å². The van der Waals surface area contributed by atoms with E-state index in [1.54, 1.807) is 12.4 Å². The maximum atomic E-state index is 12.8. The lowest BCUT2D eigenvalue weighted by Gasteiger charge is -2.24. The van der Waals surface area contributed by atoms with Gasteiger partial charge in [0.15, 0.2) is 5.82 Å². The van der Waals surface area contributed by atoms with Crippen LogP contribution >= 0.6 is 0 Å². The summed E-state index contributed by atoms with van der Waals surface area (Å²) in [6.07, 6.45) is 7.50. The number of hydrogen-bond donors (Lipinski definition) is 0. The summed E-state index contributed by atoms with van der Waals surface area (Å²) >= 11 is 0. The van der Waals surface area contributed by atoms with E-state index in [9.17, 15) is 4.79 Å². The zero-order chi connectivity index (χ0) is 20.2. The minimum atomic E-state index is 0.200. The minimum Gasteiger partial charge on any atom is -0.340 e. The van der Waals surface area contributed by atoms with Gasteiger partial charge in [0.1, 0.15) is 0 Å². The SMILES string of the molecule is Cc1cc(C)n(CCC(=O)N2CCCC2CCc2noc(-c3ccncc3)n2)n1. The van der Waals surface area contributed by atoms with Crippen LogP contribution in [0, 0.1) is 13.8 Å². The molecule has 0 spiro atoms. The van der Waals surface area contributed by atoms with Crippen LogP contribution in [0.3, 0.4) is 0 Å². The highest BCUT2D eigenvalue weighted by Gasteiger charge is 2.28. The van der Waals surface area contributed by atoms with Gasteiger partial charge in [0.25, 0.3) is 5.89 Å². The molecule has 0 aliphatic carbocycles. The Morgan fingerprint density at radius 1 is 1.28 bits per heavy atom. The second kappa shape index (κ2) is 8.55. The standard InChI is InChI=1S/C21H26N6O2/c1-15-14-16(2)27(24-15)13-9-20(28)26-12-3-4-18(26)5-6-19-23-21(29-25-19)17-7-10-22-11-8-17/h7-8,10-11,14,18H,3-6,9,12-13H2,1-2H3. The Balaban J connectivity index is 1.31. The molecule has 1 fully saturated rings. The zero-order valence-corrected chi connectivity index (χ0v) is 16.9. The number of rotatable bonds is 7. The lowest BCUT2D eigenvalue weighted by atomic mass is 10.1. The van der Waals surface area contributed by atoms with E-state index in [0.717, 1.165) is 42.8 Å². The molecular formula is C21H26N6O2. The average Bonchev–Trinajstić information content (AvgIpc) is 3.45. The van der Waals surface area contributed by atoms with Crippen LogP contribution in [0.5, 0.6) is 0 Å². The second-order valence-corrected chi connectivity index (χ2v) is 7.57. The Labute approximate surface area is 169 Å². The Bertz CT molecular complexity index is 965. The lowest BCUT2D eigenvalue weighted by molar-refractivity contribution is -0.132. The summed E-state index contributed by atoms with van der Waals surface area (Å²) in [5, 5.41) is 8.54. The Kier molecular flexibility index (Phi) is 5.69. The molecule has 0 aromatic carbocycles. The molecule has 4 rings (SSSR count). The molecule has 1 unspecified atom stereocenters. The summed E-state index contributed by atoms with van der Waals surface area (Å²) in [6, 6.07) is 5.97. The van der Waals surface area contributed by atoms with Crippen LogP contribution in [0.1, 0.15) is 42.9 Å². The summed E-state index contributed by atoms with van der Waals surface area (Å²) in [5.74, 6) is 1.39. The van der Waals surface area contributed by atoms with E-state index in [1.807, 2.05) is 41.6 Å². The van der Waals surface area contributed by atoms with Crippen molar-refractivity contribution in [3.8, 4) is 11.5 Å². The molecule has 152 valence electrons. The third-order valence-corrected chi connectivity index (χ3v) is 5.43. The van der Waals surface area contributed by atoms with Crippen molar-refractivity contribution in [3.05, 3.63) is 47.8 Å². The van der Waals surface area contributed by atoms with Crippen LogP contribution in [0.15, 0.2) is 35.1 Å². The molecule has 29 heavy (non-hydrogen) atoms. The molecule has 8 nitrogen and oxygen atoms in total. The predicted molar refractivity (Wildman–Crippen MR) is 107 cm³/mol. The van der Waals surface area contributed by atoms with Gasteiger partial charge < -0.3 is 9.42 Å². The first-order valence-electron chi connectivity index (χ1n) is 10.1. The van der Waals surface area contributed by atoms with Crippen molar-refractivity contribution in [2.75, 3.05) is 6.54 Å². The van der Waals surface area contributed by atoms with E-state index in [-0.39, 0.29) is 11.9 Å². The predicted octanol–water partition coefficient (Wildman–Crippen LogP) is 2.96. The van der Waals surface area contributed by atoms with Gasteiger partial charge in [-0.05, 0) is 51.3 Å². The Morgan fingerprint density at radius 2 is 2.10 bits per heavy atom. The third kappa shape index (κ3) is 4.52. The molecule has 1 aliphatic heterocycles. The Hall–Kier alpha value is -3.03. The van der Waals surface area contributed by atoms with E-state index in [4.69, 9.17) is 4.52 Å². The molecule has 3 aromatic heterocycles. The van der Waals surface area contributed by atoms with Crippen LogP contribution in [-0.4, -0.2) is 48.3 Å². The van der Waals surface area contributed by atoms with Gasteiger partial charge in [0, 0.05) is 55.6 Å². The van der Waals surface area contributed by atoms with E-state index in [1.165, 1.54) is 0 Å². The summed E-state index contributed by atoms with van der Waals surface area (Å²) in [5.41, 5.74) is 2.94. The summed E-state index contributed by atoms with van der Waals surface area (Å²) < 4.78 is 7.28. The van der Waals surface area contributed by atoms with Gasteiger partial charge in [-0.15, -0.1) is 0 Å². The van der Waals surface area contributed by atoms with Crippen molar-refractivity contribution in [1.82, 2.24) is 29.8 Å². The Morgan fingerprint density at radius 3 is 2.86 bits per heavy atom. The number of hydrogen-bond acceptors (Lipinski definition) is 6. The third-order valence-electron chi connectivity index (χ3n) is 5.43. The van der Waals surface area contributed by atoms with Crippen molar-refractivity contribution in [2.45, 2.75) is 58.5 Å². The van der Waals surface area contributed by atoms with Crippen molar-refractivity contribution >= 4 is 5.91 Å². The van der Waals surface area contributed by atoms with E-state index >= 15 is 0 Å². The van der Waals surface area contributed by atoms with Crippen molar-refractivity contribution in [3.63, 3.8) is 0 Å². The molecule has 1 atom stereocenters. The van der Waals surface area contributed by atoms with Gasteiger partial charge in [0.05, 0.1) is 5.69 Å². The number of carbonyl (C=O) groups excluding carboxylic acids is 1. The molecule has 3 aromatic rings. The summed E-state index contributed by atoms with van der Waals surface area (Å²) in [6.45, 7) is 5.45. The molecule has 8 heteroatoms. The quantitative estimate of drug-likeness (QED) is 0.612. The lowest BCUT2D eigenvalue weighted by Crippen LogP contribution is -2.36. The van der Waals surface area contributed by atoms with E-state index in [2.05, 4.69) is 20.2 Å².